The molecule has 1 aliphatic heterocycles. The fourth-order valence-electron chi connectivity index (χ4n) is 3.12. The minimum atomic E-state index is -0.387. The van der Waals surface area contributed by atoms with Crippen LogP contribution in [0.3, 0.4) is 0 Å². The number of halogens is 2. The van der Waals surface area contributed by atoms with Crippen LogP contribution in [0, 0.1) is 0 Å². The Bertz CT molecular complexity index is 1080. The highest BCUT2D eigenvalue weighted by atomic mass is 35.5. The van der Waals surface area contributed by atoms with Gasteiger partial charge >= 0.3 is 6.03 Å². The van der Waals surface area contributed by atoms with Crippen molar-refractivity contribution in [3.05, 3.63) is 81.8 Å². The fraction of sp³-hybridized carbons (Fsp3) is 0.0476. The molecule has 3 amide bonds. The number of nitrogens with one attached hydrogen (secondary N) is 3. The Kier molecular flexibility index (Phi) is 4.94. The number of carbonyl (C=O) groups is 2. The van der Waals surface area contributed by atoms with Crippen molar-refractivity contribution in [3.8, 4) is 11.1 Å². The molecule has 0 fully saturated rings. The van der Waals surface area contributed by atoms with Crippen molar-refractivity contribution in [2.75, 3.05) is 10.6 Å². The monoisotopic (exact) mass is 411 g/mol. The molecule has 140 valence electrons. The van der Waals surface area contributed by atoms with Crippen LogP contribution in [-0.2, 0) is 6.54 Å². The van der Waals surface area contributed by atoms with Crippen LogP contribution in [0.25, 0.3) is 11.1 Å². The van der Waals surface area contributed by atoms with Gasteiger partial charge in [0, 0.05) is 23.5 Å². The average Bonchev–Trinajstić information content (AvgIpc) is 3.07. The molecule has 0 atom stereocenters. The van der Waals surface area contributed by atoms with E-state index in [0.29, 0.717) is 33.5 Å². The summed E-state index contributed by atoms with van der Waals surface area (Å²) in [6.45, 7) is 0.524. The lowest BCUT2D eigenvalue weighted by Gasteiger charge is -2.10. The molecule has 0 aliphatic carbocycles. The molecule has 1 heterocycles. The van der Waals surface area contributed by atoms with Crippen molar-refractivity contribution in [3.63, 3.8) is 0 Å². The van der Waals surface area contributed by atoms with Gasteiger partial charge in [-0.15, -0.1) is 0 Å². The van der Waals surface area contributed by atoms with Crippen molar-refractivity contribution >= 4 is 46.5 Å². The van der Waals surface area contributed by atoms with E-state index in [-0.39, 0.29) is 11.9 Å². The van der Waals surface area contributed by atoms with Gasteiger partial charge in [-0.3, -0.25) is 4.79 Å². The Labute approximate surface area is 171 Å². The lowest BCUT2D eigenvalue weighted by Crippen LogP contribution is -2.19. The summed E-state index contributed by atoms with van der Waals surface area (Å²) >= 11 is 11.8. The van der Waals surface area contributed by atoms with Gasteiger partial charge < -0.3 is 16.0 Å². The number of rotatable bonds is 3. The van der Waals surface area contributed by atoms with E-state index in [1.807, 2.05) is 42.5 Å². The lowest BCUT2D eigenvalue weighted by molar-refractivity contribution is 0.0965. The van der Waals surface area contributed by atoms with Gasteiger partial charge in [-0.25, -0.2) is 4.79 Å². The quantitative estimate of drug-likeness (QED) is 0.528. The van der Waals surface area contributed by atoms with Crippen molar-refractivity contribution in [1.82, 2.24) is 5.32 Å². The van der Waals surface area contributed by atoms with E-state index in [1.54, 1.807) is 18.2 Å². The van der Waals surface area contributed by atoms with Crippen LogP contribution >= 0.6 is 23.2 Å². The second-order valence-electron chi connectivity index (χ2n) is 6.30. The number of fused-ring (bicyclic) bond motifs is 1. The predicted octanol–water partition coefficient (Wildman–Crippen LogP) is 5.55. The third-order valence-corrected chi connectivity index (χ3v) is 5.22. The van der Waals surface area contributed by atoms with Crippen LogP contribution in [0.1, 0.15) is 15.9 Å². The molecule has 3 aromatic carbocycles. The van der Waals surface area contributed by atoms with E-state index in [2.05, 4.69) is 16.0 Å². The van der Waals surface area contributed by atoms with Gasteiger partial charge in [0.25, 0.3) is 5.91 Å². The highest BCUT2D eigenvalue weighted by Gasteiger charge is 2.21. The molecule has 0 aromatic heterocycles. The smallest absolute Gasteiger partial charge is 0.323 e. The van der Waals surface area contributed by atoms with Gasteiger partial charge in [0.15, 0.2) is 0 Å². The van der Waals surface area contributed by atoms with Gasteiger partial charge in [0.2, 0.25) is 0 Å². The van der Waals surface area contributed by atoms with E-state index in [9.17, 15) is 9.59 Å². The summed E-state index contributed by atoms with van der Waals surface area (Å²) in [6.07, 6.45) is 0. The third kappa shape index (κ3) is 3.67. The summed E-state index contributed by atoms with van der Waals surface area (Å²) in [5.74, 6) is -0.0471. The second-order valence-corrected chi connectivity index (χ2v) is 7.11. The second kappa shape index (κ2) is 7.54. The van der Waals surface area contributed by atoms with Gasteiger partial charge in [0.05, 0.1) is 10.0 Å². The van der Waals surface area contributed by atoms with Crippen molar-refractivity contribution in [2.24, 2.45) is 0 Å². The van der Waals surface area contributed by atoms with Gasteiger partial charge in [-0.1, -0.05) is 47.5 Å². The molecule has 0 saturated carbocycles. The lowest BCUT2D eigenvalue weighted by atomic mass is 9.97. The Morgan fingerprint density at radius 1 is 0.857 bits per heavy atom. The minimum absolute atomic E-state index is 0.0471. The summed E-state index contributed by atoms with van der Waals surface area (Å²) in [6, 6.07) is 17.6. The Hall–Kier alpha value is -3.02. The zero-order valence-electron chi connectivity index (χ0n) is 14.6. The van der Waals surface area contributed by atoms with E-state index >= 15 is 0 Å². The molecule has 0 spiro atoms. The first-order valence-electron chi connectivity index (χ1n) is 8.55. The zero-order valence-corrected chi connectivity index (χ0v) is 16.1. The van der Waals surface area contributed by atoms with Crippen molar-refractivity contribution in [2.45, 2.75) is 6.54 Å². The van der Waals surface area contributed by atoms with Gasteiger partial charge in [-0.05, 0) is 53.1 Å². The van der Waals surface area contributed by atoms with E-state index in [0.717, 1.165) is 16.7 Å². The first-order chi connectivity index (χ1) is 13.5. The van der Waals surface area contributed by atoms with E-state index in [4.69, 9.17) is 23.2 Å². The molecule has 0 radical (unpaired) electrons. The molecular weight excluding hydrogens is 397 g/mol. The molecule has 7 heteroatoms. The first kappa shape index (κ1) is 18.3. The van der Waals surface area contributed by atoms with E-state index in [1.165, 1.54) is 0 Å². The summed E-state index contributed by atoms with van der Waals surface area (Å²) in [5.41, 5.74) is 4.86. The Morgan fingerprint density at radius 2 is 1.54 bits per heavy atom. The molecule has 3 N–H and O–H groups in total. The van der Waals surface area contributed by atoms with Crippen LogP contribution in [0.4, 0.5) is 16.2 Å². The molecule has 4 rings (SSSR count). The van der Waals surface area contributed by atoms with Crippen molar-refractivity contribution < 1.29 is 9.59 Å². The maximum Gasteiger partial charge on any atom is 0.323 e. The minimum Gasteiger partial charge on any atom is -0.348 e. The standard InChI is InChI=1S/C21H15Cl2N3O2/c22-18-9-8-14(10-19(18)23)26-21(28)25-13-6-4-12(5-7-13)15-2-1-3-16-17(15)11-24-20(16)27/h1-10H,11H2,(H,24,27)(H2,25,26,28). The summed E-state index contributed by atoms with van der Waals surface area (Å²) < 4.78 is 0. The summed E-state index contributed by atoms with van der Waals surface area (Å²) in [5, 5.41) is 9.11. The number of amides is 3. The molecule has 0 unspecified atom stereocenters. The largest absolute Gasteiger partial charge is 0.348 e. The summed E-state index contributed by atoms with van der Waals surface area (Å²) in [7, 11) is 0. The number of anilines is 2. The number of hydrogen-bond acceptors (Lipinski definition) is 2. The maximum atomic E-state index is 12.2. The number of urea groups is 1. The average molecular weight is 412 g/mol. The van der Waals surface area contributed by atoms with Crippen LogP contribution < -0.4 is 16.0 Å². The Morgan fingerprint density at radius 3 is 2.29 bits per heavy atom. The van der Waals surface area contributed by atoms with Crippen LogP contribution in [0.5, 0.6) is 0 Å². The number of hydrogen-bond donors (Lipinski definition) is 3. The molecule has 0 saturated heterocycles. The SMILES string of the molecule is O=C(Nc1ccc(-c2cccc3c2CNC3=O)cc1)Nc1ccc(Cl)c(Cl)c1. The molecular formula is C21H15Cl2N3O2. The topological polar surface area (TPSA) is 70.2 Å². The molecule has 0 bridgehead atoms. The third-order valence-electron chi connectivity index (χ3n) is 4.48. The summed E-state index contributed by atoms with van der Waals surface area (Å²) in [4.78, 5) is 24.0. The number of benzene rings is 3. The highest BCUT2D eigenvalue weighted by Crippen LogP contribution is 2.30. The van der Waals surface area contributed by atoms with E-state index < -0.39 is 0 Å². The van der Waals surface area contributed by atoms with Crippen LogP contribution in [0.15, 0.2) is 60.7 Å². The van der Waals surface area contributed by atoms with Gasteiger partial charge in [0.1, 0.15) is 0 Å². The fourth-order valence-corrected chi connectivity index (χ4v) is 3.42. The zero-order chi connectivity index (χ0) is 19.7. The normalized spacial score (nSPS) is 12.3. The van der Waals surface area contributed by atoms with Crippen molar-refractivity contribution in [1.29, 1.82) is 0 Å². The molecule has 1 aliphatic rings. The van der Waals surface area contributed by atoms with Crippen LogP contribution in [-0.4, -0.2) is 11.9 Å². The molecule has 3 aromatic rings. The maximum absolute atomic E-state index is 12.2. The first-order valence-corrected chi connectivity index (χ1v) is 9.30. The Balaban J connectivity index is 1.47. The highest BCUT2D eigenvalue weighted by molar-refractivity contribution is 6.42. The van der Waals surface area contributed by atoms with Crippen LogP contribution in [0.2, 0.25) is 10.0 Å². The predicted molar refractivity (Wildman–Crippen MR) is 112 cm³/mol. The molecule has 5 nitrogen and oxygen atoms in total. The van der Waals surface area contributed by atoms with Gasteiger partial charge in [-0.2, -0.15) is 0 Å². The number of carbonyl (C=O) groups excluding carboxylic acids is 2. The molecule has 28 heavy (non-hydrogen) atoms.